The van der Waals surface area contributed by atoms with Gasteiger partial charge in [0.05, 0.1) is 12.2 Å². The van der Waals surface area contributed by atoms with Gasteiger partial charge in [0.25, 0.3) is 0 Å². The van der Waals surface area contributed by atoms with Gasteiger partial charge in [0.15, 0.2) is 0 Å². The number of aryl methyl sites for hydroxylation is 1. The first-order chi connectivity index (χ1) is 7.11. The van der Waals surface area contributed by atoms with Gasteiger partial charge in [-0.05, 0) is 24.5 Å². The van der Waals surface area contributed by atoms with E-state index in [1.54, 1.807) is 7.11 Å². The molecule has 0 spiro atoms. The van der Waals surface area contributed by atoms with Gasteiger partial charge in [-0.2, -0.15) is 0 Å². The molecule has 1 atom stereocenters. The standard InChI is InChI=1S/C13H20O2/c1-4-13(14,10-15-3)9-12-8-6-5-7-11(12)2/h5-8,14H,4,9-10H2,1-3H3. The van der Waals surface area contributed by atoms with Crippen LogP contribution in [0.1, 0.15) is 24.5 Å². The Hall–Kier alpha value is -0.860. The second-order valence-corrected chi connectivity index (χ2v) is 4.11. The van der Waals surface area contributed by atoms with Crippen LogP contribution in [0.25, 0.3) is 0 Å². The predicted octanol–water partition coefficient (Wildman–Crippen LogP) is 2.33. The Kier molecular flexibility index (Phi) is 4.30. The van der Waals surface area contributed by atoms with Gasteiger partial charge in [0.1, 0.15) is 0 Å². The van der Waals surface area contributed by atoms with Gasteiger partial charge < -0.3 is 9.84 Å². The maximum atomic E-state index is 10.3. The van der Waals surface area contributed by atoms with Crippen LogP contribution >= 0.6 is 0 Å². The first-order valence-electron chi connectivity index (χ1n) is 5.37. The van der Waals surface area contributed by atoms with Crippen molar-refractivity contribution in [3.63, 3.8) is 0 Å². The second kappa shape index (κ2) is 5.29. The van der Waals surface area contributed by atoms with Crippen LogP contribution in [0, 0.1) is 6.92 Å². The lowest BCUT2D eigenvalue weighted by Crippen LogP contribution is -2.36. The monoisotopic (exact) mass is 208 g/mol. The molecule has 1 aromatic carbocycles. The molecule has 15 heavy (non-hydrogen) atoms. The summed E-state index contributed by atoms with van der Waals surface area (Å²) >= 11 is 0. The summed E-state index contributed by atoms with van der Waals surface area (Å²) in [6.45, 7) is 4.44. The number of hydrogen-bond acceptors (Lipinski definition) is 2. The highest BCUT2D eigenvalue weighted by atomic mass is 16.5. The van der Waals surface area contributed by atoms with Gasteiger partial charge in [-0.3, -0.25) is 0 Å². The highest BCUT2D eigenvalue weighted by Gasteiger charge is 2.25. The summed E-state index contributed by atoms with van der Waals surface area (Å²) in [5.41, 5.74) is 1.68. The van der Waals surface area contributed by atoms with Crippen LogP contribution in [0.3, 0.4) is 0 Å². The summed E-state index contributed by atoms with van der Waals surface area (Å²) in [5, 5.41) is 10.3. The first-order valence-corrected chi connectivity index (χ1v) is 5.37. The summed E-state index contributed by atoms with van der Waals surface area (Å²) in [6.07, 6.45) is 1.36. The minimum absolute atomic E-state index is 0.387. The molecule has 0 bridgehead atoms. The van der Waals surface area contributed by atoms with Crippen molar-refractivity contribution in [2.75, 3.05) is 13.7 Å². The van der Waals surface area contributed by atoms with E-state index in [0.717, 1.165) is 0 Å². The number of rotatable bonds is 5. The van der Waals surface area contributed by atoms with Crippen molar-refractivity contribution < 1.29 is 9.84 Å². The van der Waals surface area contributed by atoms with E-state index in [0.29, 0.717) is 19.4 Å². The zero-order valence-electron chi connectivity index (χ0n) is 9.79. The molecule has 0 aliphatic rings. The molecule has 1 N–H and O–H groups in total. The fourth-order valence-corrected chi connectivity index (χ4v) is 1.71. The Balaban J connectivity index is 2.79. The molecule has 0 radical (unpaired) electrons. The Bertz CT molecular complexity index is 309. The molecule has 0 fully saturated rings. The van der Waals surface area contributed by atoms with Crippen molar-refractivity contribution in [2.45, 2.75) is 32.3 Å². The average molecular weight is 208 g/mol. The highest BCUT2D eigenvalue weighted by molar-refractivity contribution is 5.27. The number of ether oxygens (including phenoxy) is 1. The zero-order valence-corrected chi connectivity index (χ0v) is 9.79. The van der Waals surface area contributed by atoms with E-state index in [1.807, 2.05) is 19.1 Å². The predicted molar refractivity (Wildman–Crippen MR) is 62.0 cm³/mol. The number of methoxy groups -OCH3 is 1. The Labute approximate surface area is 91.9 Å². The van der Waals surface area contributed by atoms with Gasteiger partial charge in [-0.15, -0.1) is 0 Å². The van der Waals surface area contributed by atoms with Crippen molar-refractivity contribution in [2.24, 2.45) is 0 Å². The molecule has 0 aromatic heterocycles. The topological polar surface area (TPSA) is 29.5 Å². The van der Waals surface area contributed by atoms with E-state index >= 15 is 0 Å². The highest BCUT2D eigenvalue weighted by Crippen LogP contribution is 2.20. The first kappa shape index (κ1) is 12.2. The van der Waals surface area contributed by atoms with Crippen LogP contribution in [0.2, 0.25) is 0 Å². The van der Waals surface area contributed by atoms with Gasteiger partial charge >= 0.3 is 0 Å². The summed E-state index contributed by atoms with van der Waals surface area (Å²) in [4.78, 5) is 0. The van der Waals surface area contributed by atoms with Crippen LogP contribution in [-0.2, 0) is 11.2 Å². The van der Waals surface area contributed by atoms with Gasteiger partial charge in [-0.25, -0.2) is 0 Å². The fourth-order valence-electron chi connectivity index (χ4n) is 1.71. The third kappa shape index (κ3) is 3.33. The third-order valence-corrected chi connectivity index (χ3v) is 2.85. The SMILES string of the molecule is CCC(O)(COC)Cc1ccccc1C. The molecule has 0 heterocycles. The number of benzene rings is 1. The third-order valence-electron chi connectivity index (χ3n) is 2.85. The van der Waals surface area contributed by atoms with Crippen molar-refractivity contribution >= 4 is 0 Å². The maximum absolute atomic E-state index is 10.3. The molecule has 0 aliphatic carbocycles. The summed E-state index contributed by atoms with van der Waals surface area (Å²) < 4.78 is 5.06. The molecule has 0 amide bonds. The lowest BCUT2D eigenvalue weighted by molar-refractivity contribution is -0.0334. The minimum atomic E-state index is -0.735. The number of hydrogen-bond donors (Lipinski definition) is 1. The van der Waals surface area contributed by atoms with Crippen LogP contribution in [0.4, 0.5) is 0 Å². The quantitative estimate of drug-likeness (QED) is 0.804. The van der Waals surface area contributed by atoms with Crippen LogP contribution in [0.15, 0.2) is 24.3 Å². The van der Waals surface area contributed by atoms with E-state index < -0.39 is 5.60 Å². The van der Waals surface area contributed by atoms with Crippen LogP contribution in [-0.4, -0.2) is 24.4 Å². The smallest absolute Gasteiger partial charge is 0.0917 e. The zero-order chi connectivity index (χ0) is 11.3. The van der Waals surface area contributed by atoms with Crippen molar-refractivity contribution in [1.82, 2.24) is 0 Å². The van der Waals surface area contributed by atoms with E-state index in [9.17, 15) is 5.11 Å². The normalized spacial score (nSPS) is 14.9. The molecule has 0 saturated carbocycles. The maximum Gasteiger partial charge on any atom is 0.0917 e. The lowest BCUT2D eigenvalue weighted by Gasteiger charge is -2.26. The summed E-state index contributed by atoms with van der Waals surface area (Å²) in [6, 6.07) is 8.15. The molecule has 0 aliphatic heterocycles. The fraction of sp³-hybridized carbons (Fsp3) is 0.538. The van der Waals surface area contributed by atoms with Crippen molar-refractivity contribution in [3.05, 3.63) is 35.4 Å². The van der Waals surface area contributed by atoms with Crippen molar-refractivity contribution in [3.8, 4) is 0 Å². The van der Waals surface area contributed by atoms with Gasteiger partial charge in [0, 0.05) is 13.5 Å². The molecular formula is C13H20O2. The van der Waals surface area contributed by atoms with Gasteiger partial charge in [-0.1, -0.05) is 31.2 Å². The Morgan fingerprint density at radius 2 is 2.00 bits per heavy atom. The summed E-state index contributed by atoms with van der Waals surface area (Å²) in [7, 11) is 1.62. The van der Waals surface area contributed by atoms with Crippen molar-refractivity contribution in [1.29, 1.82) is 0 Å². The second-order valence-electron chi connectivity index (χ2n) is 4.11. The van der Waals surface area contributed by atoms with E-state index in [4.69, 9.17) is 4.74 Å². The molecule has 84 valence electrons. The molecule has 0 saturated heterocycles. The minimum Gasteiger partial charge on any atom is -0.387 e. The van der Waals surface area contributed by atoms with E-state index in [2.05, 4.69) is 19.1 Å². The lowest BCUT2D eigenvalue weighted by atomic mass is 9.91. The Morgan fingerprint density at radius 1 is 1.33 bits per heavy atom. The largest absolute Gasteiger partial charge is 0.387 e. The van der Waals surface area contributed by atoms with E-state index in [-0.39, 0.29) is 0 Å². The molecule has 1 aromatic rings. The van der Waals surface area contributed by atoms with E-state index in [1.165, 1.54) is 11.1 Å². The molecule has 1 unspecified atom stereocenters. The molecule has 2 heteroatoms. The molecule has 1 rings (SSSR count). The average Bonchev–Trinajstić information content (AvgIpc) is 2.22. The van der Waals surface area contributed by atoms with Crippen LogP contribution < -0.4 is 0 Å². The van der Waals surface area contributed by atoms with Crippen LogP contribution in [0.5, 0.6) is 0 Å². The molecular weight excluding hydrogens is 188 g/mol. The Morgan fingerprint density at radius 3 is 2.53 bits per heavy atom. The van der Waals surface area contributed by atoms with Gasteiger partial charge in [0.2, 0.25) is 0 Å². The summed E-state index contributed by atoms with van der Waals surface area (Å²) in [5.74, 6) is 0. The number of aliphatic hydroxyl groups is 1. The molecule has 2 nitrogen and oxygen atoms in total.